The number of aliphatic carboxylic acids is 1. The second kappa shape index (κ2) is 4.15. The highest BCUT2D eigenvalue weighted by Crippen LogP contribution is 2.46. The van der Waals surface area contributed by atoms with Crippen LogP contribution in [0.2, 0.25) is 0 Å². The SMILES string of the molecule is Cc1ccc(-n2nnnc2C2CC2C(=O)O)c(C)c1. The Labute approximate surface area is 110 Å². The van der Waals surface area contributed by atoms with Gasteiger partial charge in [-0.05, 0) is 42.3 Å². The van der Waals surface area contributed by atoms with Gasteiger partial charge < -0.3 is 5.11 Å². The Morgan fingerprint density at radius 3 is 2.84 bits per heavy atom. The molecular weight excluding hydrogens is 244 g/mol. The smallest absolute Gasteiger partial charge is 0.307 e. The van der Waals surface area contributed by atoms with Crippen LogP contribution in [0.25, 0.3) is 5.69 Å². The van der Waals surface area contributed by atoms with E-state index >= 15 is 0 Å². The lowest BCUT2D eigenvalue weighted by Crippen LogP contribution is -2.07. The van der Waals surface area contributed by atoms with Crippen LogP contribution in [0.4, 0.5) is 0 Å². The third kappa shape index (κ3) is 1.99. The maximum absolute atomic E-state index is 10.9. The predicted octanol–water partition coefficient (Wildman–Crippen LogP) is 1.47. The zero-order chi connectivity index (χ0) is 13.6. The van der Waals surface area contributed by atoms with Crippen molar-refractivity contribution in [3.8, 4) is 5.69 Å². The molecule has 98 valence electrons. The van der Waals surface area contributed by atoms with Gasteiger partial charge in [0.1, 0.15) is 0 Å². The Kier molecular flexibility index (Phi) is 2.58. The number of carboxylic acids is 1. The van der Waals surface area contributed by atoms with Gasteiger partial charge in [0.2, 0.25) is 0 Å². The lowest BCUT2D eigenvalue weighted by molar-refractivity contribution is -0.138. The van der Waals surface area contributed by atoms with Crippen molar-refractivity contribution in [3.63, 3.8) is 0 Å². The number of carboxylic acid groups (broad SMARTS) is 1. The Morgan fingerprint density at radius 2 is 2.21 bits per heavy atom. The van der Waals surface area contributed by atoms with Crippen molar-refractivity contribution in [2.75, 3.05) is 0 Å². The van der Waals surface area contributed by atoms with Gasteiger partial charge in [-0.25, -0.2) is 0 Å². The number of aromatic nitrogens is 4. The first kappa shape index (κ1) is 11.8. The number of carbonyl (C=O) groups is 1. The number of aryl methyl sites for hydroxylation is 2. The van der Waals surface area contributed by atoms with E-state index in [0.717, 1.165) is 11.3 Å². The van der Waals surface area contributed by atoms with Gasteiger partial charge in [-0.15, -0.1) is 5.10 Å². The molecule has 0 amide bonds. The van der Waals surface area contributed by atoms with Gasteiger partial charge in [0.25, 0.3) is 0 Å². The first-order chi connectivity index (χ1) is 9.08. The van der Waals surface area contributed by atoms with E-state index in [-0.39, 0.29) is 11.8 Å². The van der Waals surface area contributed by atoms with Gasteiger partial charge in [0.15, 0.2) is 5.82 Å². The van der Waals surface area contributed by atoms with Crippen LogP contribution in [0.5, 0.6) is 0 Å². The molecule has 0 saturated heterocycles. The summed E-state index contributed by atoms with van der Waals surface area (Å²) >= 11 is 0. The molecule has 0 bridgehead atoms. The topological polar surface area (TPSA) is 80.9 Å². The van der Waals surface area contributed by atoms with Gasteiger partial charge in [-0.1, -0.05) is 17.7 Å². The minimum Gasteiger partial charge on any atom is -0.481 e. The van der Waals surface area contributed by atoms with E-state index in [1.807, 2.05) is 26.0 Å². The average Bonchev–Trinajstić information content (AvgIpc) is 3.01. The summed E-state index contributed by atoms with van der Waals surface area (Å²) in [6, 6.07) is 6.01. The molecule has 6 heteroatoms. The van der Waals surface area contributed by atoms with E-state index in [1.54, 1.807) is 4.68 Å². The average molecular weight is 258 g/mol. The molecular formula is C13H14N4O2. The van der Waals surface area contributed by atoms with Crippen molar-refractivity contribution in [1.29, 1.82) is 0 Å². The Hall–Kier alpha value is -2.24. The summed E-state index contributed by atoms with van der Waals surface area (Å²) in [5, 5.41) is 20.7. The lowest BCUT2D eigenvalue weighted by Gasteiger charge is -2.08. The van der Waals surface area contributed by atoms with Crippen molar-refractivity contribution >= 4 is 5.97 Å². The van der Waals surface area contributed by atoms with Crippen LogP contribution in [0.15, 0.2) is 18.2 Å². The van der Waals surface area contributed by atoms with E-state index in [0.29, 0.717) is 12.2 Å². The van der Waals surface area contributed by atoms with E-state index < -0.39 is 5.97 Å². The number of nitrogens with zero attached hydrogens (tertiary/aromatic N) is 4. The molecule has 2 unspecified atom stereocenters. The van der Waals surface area contributed by atoms with Crippen LogP contribution >= 0.6 is 0 Å². The fraction of sp³-hybridized carbons (Fsp3) is 0.385. The summed E-state index contributed by atoms with van der Waals surface area (Å²) in [5.74, 6) is -0.566. The fourth-order valence-corrected chi connectivity index (χ4v) is 2.39. The highest BCUT2D eigenvalue weighted by Gasteiger charge is 2.47. The molecule has 1 fully saturated rings. The van der Waals surface area contributed by atoms with Crippen molar-refractivity contribution in [2.45, 2.75) is 26.2 Å². The molecule has 1 aliphatic carbocycles. The van der Waals surface area contributed by atoms with Crippen LogP contribution in [-0.4, -0.2) is 31.3 Å². The van der Waals surface area contributed by atoms with Crippen LogP contribution in [0.1, 0.15) is 29.3 Å². The number of rotatable bonds is 3. The summed E-state index contributed by atoms with van der Waals surface area (Å²) in [7, 11) is 0. The van der Waals surface area contributed by atoms with E-state index in [4.69, 9.17) is 5.11 Å². The lowest BCUT2D eigenvalue weighted by atomic mass is 10.1. The van der Waals surface area contributed by atoms with Crippen molar-refractivity contribution < 1.29 is 9.90 Å². The van der Waals surface area contributed by atoms with E-state index in [1.165, 1.54) is 5.56 Å². The number of hydrogen-bond acceptors (Lipinski definition) is 4. The normalized spacial score (nSPS) is 21.4. The van der Waals surface area contributed by atoms with Crippen LogP contribution in [-0.2, 0) is 4.79 Å². The second-order valence-electron chi connectivity index (χ2n) is 5.03. The minimum absolute atomic E-state index is 0.0757. The third-order valence-electron chi connectivity index (χ3n) is 3.51. The molecule has 3 rings (SSSR count). The van der Waals surface area contributed by atoms with Gasteiger partial charge in [0, 0.05) is 5.92 Å². The molecule has 1 aliphatic rings. The largest absolute Gasteiger partial charge is 0.481 e. The predicted molar refractivity (Wildman–Crippen MR) is 67.1 cm³/mol. The second-order valence-corrected chi connectivity index (χ2v) is 5.03. The maximum atomic E-state index is 10.9. The minimum atomic E-state index is -0.778. The van der Waals surface area contributed by atoms with E-state index in [2.05, 4.69) is 21.6 Å². The summed E-state index contributed by atoms with van der Waals surface area (Å²) in [6.45, 7) is 4.02. The first-order valence-corrected chi connectivity index (χ1v) is 6.16. The van der Waals surface area contributed by atoms with Crippen LogP contribution in [0.3, 0.4) is 0 Å². The van der Waals surface area contributed by atoms with Crippen LogP contribution < -0.4 is 0 Å². The molecule has 1 N–H and O–H groups in total. The third-order valence-corrected chi connectivity index (χ3v) is 3.51. The van der Waals surface area contributed by atoms with Gasteiger partial charge in [0.05, 0.1) is 11.6 Å². The summed E-state index contributed by atoms with van der Waals surface area (Å²) in [4.78, 5) is 10.9. The molecule has 0 aliphatic heterocycles. The van der Waals surface area contributed by atoms with Crippen LogP contribution in [0, 0.1) is 19.8 Å². The summed E-state index contributed by atoms with van der Waals surface area (Å²) < 4.78 is 1.66. The highest BCUT2D eigenvalue weighted by atomic mass is 16.4. The molecule has 2 atom stereocenters. The van der Waals surface area contributed by atoms with Gasteiger partial charge >= 0.3 is 5.97 Å². The maximum Gasteiger partial charge on any atom is 0.307 e. The molecule has 0 radical (unpaired) electrons. The van der Waals surface area contributed by atoms with Gasteiger partial charge in [-0.3, -0.25) is 4.79 Å². The van der Waals surface area contributed by atoms with Gasteiger partial charge in [-0.2, -0.15) is 4.68 Å². The summed E-state index contributed by atoms with van der Waals surface area (Å²) in [5.41, 5.74) is 3.15. The standard InChI is InChI=1S/C13H14N4O2/c1-7-3-4-11(8(2)5-7)17-12(14-15-16-17)9-6-10(9)13(18)19/h3-5,9-10H,6H2,1-2H3,(H,18,19). The molecule has 1 saturated carbocycles. The zero-order valence-corrected chi connectivity index (χ0v) is 10.7. The summed E-state index contributed by atoms with van der Waals surface area (Å²) in [6.07, 6.45) is 0.612. The molecule has 1 aromatic heterocycles. The Bertz CT molecular complexity index is 650. The van der Waals surface area contributed by atoms with Crippen molar-refractivity contribution in [2.24, 2.45) is 5.92 Å². The first-order valence-electron chi connectivity index (χ1n) is 6.16. The Balaban J connectivity index is 1.99. The highest BCUT2D eigenvalue weighted by molar-refractivity contribution is 5.74. The molecule has 0 spiro atoms. The molecule has 2 aromatic rings. The van der Waals surface area contributed by atoms with Crippen molar-refractivity contribution in [1.82, 2.24) is 20.2 Å². The fourth-order valence-electron chi connectivity index (χ4n) is 2.39. The van der Waals surface area contributed by atoms with Crippen molar-refractivity contribution in [3.05, 3.63) is 35.2 Å². The Morgan fingerprint density at radius 1 is 1.42 bits per heavy atom. The molecule has 1 aromatic carbocycles. The molecule has 1 heterocycles. The number of hydrogen-bond donors (Lipinski definition) is 1. The number of tetrazole rings is 1. The molecule has 19 heavy (non-hydrogen) atoms. The van der Waals surface area contributed by atoms with E-state index in [9.17, 15) is 4.79 Å². The zero-order valence-electron chi connectivity index (χ0n) is 10.7. The number of benzene rings is 1. The quantitative estimate of drug-likeness (QED) is 0.901. The monoisotopic (exact) mass is 258 g/mol. The molecule has 6 nitrogen and oxygen atoms in total.